The molecule has 2 aromatic rings. The fourth-order valence-electron chi connectivity index (χ4n) is 3.16. The van der Waals surface area contributed by atoms with Gasteiger partial charge in [0.15, 0.2) is 0 Å². The van der Waals surface area contributed by atoms with Crippen LogP contribution in [0.3, 0.4) is 0 Å². The van der Waals surface area contributed by atoms with E-state index in [9.17, 15) is 19.3 Å². The highest BCUT2D eigenvalue weighted by Gasteiger charge is 2.25. The molecule has 1 amide bonds. The maximum Gasteiger partial charge on any atom is 0.282 e. The van der Waals surface area contributed by atoms with Crippen molar-refractivity contribution in [1.29, 1.82) is 0 Å². The summed E-state index contributed by atoms with van der Waals surface area (Å²) in [5, 5.41) is 11.2. The highest BCUT2D eigenvalue weighted by atomic mass is 19.1. The van der Waals surface area contributed by atoms with Crippen molar-refractivity contribution in [1.82, 2.24) is 9.80 Å². The average molecular weight is 357 g/mol. The van der Waals surface area contributed by atoms with Crippen molar-refractivity contribution in [3.63, 3.8) is 0 Å². The van der Waals surface area contributed by atoms with Crippen molar-refractivity contribution in [2.24, 2.45) is 0 Å². The maximum atomic E-state index is 13.0. The Morgan fingerprint density at radius 1 is 1.04 bits per heavy atom. The molecule has 6 nitrogen and oxygen atoms in total. The van der Waals surface area contributed by atoms with E-state index in [0.29, 0.717) is 26.2 Å². The largest absolute Gasteiger partial charge is 0.337 e. The summed E-state index contributed by atoms with van der Waals surface area (Å²) >= 11 is 0. The molecule has 0 atom stereocenters. The fourth-order valence-corrected chi connectivity index (χ4v) is 3.16. The molecule has 0 radical (unpaired) electrons. The molecule has 1 saturated heterocycles. The summed E-state index contributed by atoms with van der Waals surface area (Å²) in [5.74, 6) is -0.563. The topological polar surface area (TPSA) is 66.7 Å². The van der Waals surface area contributed by atoms with Crippen LogP contribution < -0.4 is 0 Å². The van der Waals surface area contributed by atoms with Crippen LogP contribution in [0.15, 0.2) is 48.5 Å². The second kappa shape index (κ2) is 8.05. The standard InChI is InChI=1S/C19H20FN3O3/c20-16-8-6-15(7-9-16)14-21-10-3-11-22(13-12-21)19(24)17-4-1-2-5-18(17)23(25)26/h1-2,4-9H,3,10-14H2. The number of nitrogens with zero attached hydrogens (tertiary/aromatic N) is 3. The maximum absolute atomic E-state index is 13.0. The van der Waals surface area contributed by atoms with E-state index in [2.05, 4.69) is 4.90 Å². The van der Waals surface area contributed by atoms with Crippen molar-refractivity contribution in [2.45, 2.75) is 13.0 Å². The number of hydrogen-bond acceptors (Lipinski definition) is 4. The Kier molecular flexibility index (Phi) is 5.58. The zero-order chi connectivity index (χ0) is 18.5. The lowest BCUT2D eigenvalue weighted by Crippen LogP contribution is -2.35. The molecule has 26 heavy (non-hydrogen) atoms. The Bertz CT molecular complexity index is 795. The van der Waals surface area contributed by atoms with E-state index in [1.807, 2.05) is 0 Å². The van der Waals surface area contributed by atoms with Gasteiger partial charge in [0.25, 0.3) is 11.6 Å². The summed E-state index contributed by atoms with van der Waals surface area (Å²) in [4.78, 5) is 27.3. The van der Waals surface area contributed by atoms with Gasteiger partial charge in [-0.2, -0.15) is 0 Å². The Morgan fingerprint density at radius 3 is 2.50 bits per heavy atom. The normalized spacial score (nSPS) is 15.5. The monoisotopic (exact) mass is 357 g/mol. The molecule has 1 aliphatic heterocycles. The predicted octanol–water partition coefficient (Wildman–Crippen LogP) is 3.08. The van der Waals surface area contributed by atoms with Crippen LogP contribution >= 0.6 is 0 Å². The molecule has 136 valence electrons. The van der Waals surface area contributed by atoms with E-state index in [-0.39, 0.29) is 23.0 Å². The van der Waals surface area contributed by atoms with Crippen LogP contribution in [0.2, 0.25) is 0 Å². The average Bonchev–Trinajstić information content (AvgIpc) is 2.88. The summed E-state index contributed by atoms with van der Waals surface area (Å²) in [7, 11) is 0. The number of rotatable bonds is 4. The predicted molar refractivity (Wildman–Crippen MR) is 95.3 cm³/mol. The van der Waals surface area contributed by atoms with Gasteiger partial charge in [0.05, 0.1) is 4.92 Å². The third-order valence-corrected chi connectivity index (χ3v) is 4.53. The Hall–Kier alpha value is -2.80. The Morgan fingerprint density at radius 2 is 1.77 bits per heavy atom. The number of nitro benzene ring substituents is 1. The minimum Gasteiger partial charge on any atom is -0.337 e. The van der Waals surface area contributed by atoms with Gasteiger partial charge in [-0.1, -0.05) is 24.3 Å². The summed E-state index contributed by atoms with van der Waals surface area (Å²) in [6.45, 7) is 3.24. The molecular formula is C19H20FN3O3. The molecule has 0 aliphatic carbocycles. The molecule has 1 fully saturated rings. The van der Waals surface area contributed by atoms with Gasteiger partial charge in [-0.3, -0.25) is 19.8 Å². The summed E-state index contributed by atoms with van der Waals surface area (Å²) in [6, 6.07) is 12.5. The lowest BCUT2D eigenvalue weighted by molar-refractivity contribution is -0.385. The molecule has 7 heteroatoms. The van der Waals surface area contributed by atoms with Gasteiger partial charge < -0.3 is 4.90 Å². The molecule has 1 heterocycles. The summed E-state index contributed by atoms with van der Waals surface area (Å²) < 4.78 is 13.0. The van der Waals surface area contributed by atoms with Crippen LogP contribution in [0.4, 0.5) is 10.1 Å². The van der Waals surface area contributed by atoms with Crippen molar-refractivity contribution < 1.29 is 14.1 Å². The third-order valence-electron chi connectivity index (χ3n) is 4.53. The van der Waals surface area contributed by atoms with Crippen molar-refractivity contribution in [3.05, 3.63) is 75.6 Å². The lowest BCUT2D eigenvalue weighted by atomic mass is 10.1. The van der Waals surface area contributed by atoms with Gasteiger partial charge in [-0.15, -0.1) is 0 Å². The number of carbonyl (C=O) groups excluding carboxylic acids is 1. The first-order valence-corrected chi connectivity index (χ1v) is 8.54. The number of amides is 1. The first-order chi connectivity index (χ1) is 12.5. The van der Waals surface area contributed by atoms with E-state index < -0.39 is 4.92 Å². The summed E-state index contributed by atoms with van der Waals surface area (Å²) in [6.07, 6.45) is 0.785. The van der Waals surface area contributed by atoms with E-state index >= 15 is 0 Å². The van der Waals surface area contributed by atoms with Gasteiger partial charge in [-0.25, -0.2) is 4.39 Å². The lowest BCUT2D eigenvalue weighted by Gasteiger charge is -2.22. The number of halogens is 1. The van der Waals surface area contributed by atoms with Gasteiger partial charge in [0.2, 0.25) is 0 Å². The highest BCUT2D eigenvalue weighted by molar-refractivity contribution is 5.98. The smallest absolute Gasteiger partial charge is 0.282 e. The Balaban J connectivity index is 1.66. The molecule has 0 aromatic heterocycles. The molecule has 0 N–H and O–H groups in total. The highest BCUT2D eigenvalue weighted by Crippen LogP contribution is 2.20. The van der Waals surface area contributed by atoms with Crippen LogP contribution in [0, 0.1) is 15.9 Å². The van der Waals surface area contributed by atoms with Crippen LogP contribution in [0.25, 0.3) is 0 Å². The van der Waals surface area contributed by atoms with E-state index in [4.69, 9.17) is 0 Å². The fraction of sp³-hybridized carbons (Fsp3) is 0.316. The van der Waals surface area contributed by atoms with Gasteiger partial charge in [-0.05, 0) is 30.2 Å². The van der Waals surface area contributed by atoms with Crippen LogP contribution in [0.1, 0.15) is 22.3 Å². The molecule has 0 saturated carbocycles. The van der Waals surface area contributed by atoms with E-state index in [1.165, 1.54) is 24.3 Å². The number of nitro groups is 1. The van der Waals surface area contributed by atoms with Gasteiger partial charge in [0, 0.05) is 38.8 Å². The second-order valence-corrected chi connectivity index (χ2v) is 6.32. The van der Waals surface area contributed by atoms with Crippen molar-refractivity contribution >= 4 is 11.6 Å². The second-order valence-electron chi connectivity index (χ2n) is 6.32. The number of benzene rings is 2. The minimum atomic E-state index is -0.522. The number of para-hydroxylation sites is 1. The van der Waals surface area contributed by atoms with E-state index in [0.717, 1.165) is 18.5 Å². The van der Waals surface area contributed by atoms with Crippen LogP contribution in [-0.2, 0) is 6.54 Å². The SMILES string of the molecule is O=C(c1ccccc1[N+](=O)[O-])N1CCCN(Cc2ccc(F)cc2)CC1. The molecule has 0 spiro atoms. The van der Waals surface area contributed by atoms with Gasteiger partial charge in [0.1, 0.15) is 11.4 Å². The molecule has 3 rings (SSSR count). The van der Waals surface area contributed by atoms with Crippen LogP contribution in [-0.4, -0.2) is 46.8 Å². The molecular weight excluding hydrogens is 337 g/mol. The Labute approximate surface area is 151 Å². The first-order valence-electron chi connectivity index (χ1n) is 8.54. The van der Waals surface area contributed by atoms with Crippen LogP contribution in [0.5, 0.6) is 0 Å². The number of carbonyl (C=O) groups is 1. The van der Waals surface area contributed by atoms with E-state index in [1.54, 1.807) is 29.2 Å². The van der Waals surface area contributed by atoms with Crippen molar-refractivity contribution in [2.75, 3.05) is 26.2 Å². The molecule has 1 aliphatic rings. The molecule has 0 bridgehead atoms. The first kappa shape index (κ1) is 18.0. The quantitative estimate of drug-likeness (QED) is 0.623. The summed E-state index contributed by atoms with van der Waals surface area (Å²) in [5.41, 5.74) is 0.985. The van der Waals surface area contributed by atoms with Gasteiger partial charge >= 0.3 is 0 Å². The third kappa shape index (κ3) is 4.23. The molecule has 0 unspecified atom stereocenters. The molecule has 2 aromatic carbocycles. The zero-order valence-corrected chi connectivity index (χ0v) is 14.3. The number of hydrogen-bond donors (Lipinski definition) is 0. The zero-order valence-electron chi connectivity index (χ0n) is 14.3. The van der Waals surface area contributed by atoms with Crippen molar-refractivity contribution in [3.8, 4) is 0 Å². The minimum absolute atomic E-state index is 0.129.